The first-order valence-corrected chi connectivity index (χ1v) is 9.85. The summed E-state index contributed by atoms with van der Waals surface area (Å²) in [5.41, 5.74) is 1.31. The van der Waals surface area contributed by atoms with Crippen LogP contribution in [0.25, 0.3) is 0 Å². The molecule has 0 atom stereocenters. The Labute approximate surface area is 195 Å². The average Bonchev–Trinajstić information content (AvgIpc) is 2.78. The summed E-state index contributed by atoms with van der Waals surface area (Å²) >= 11 is 6.28. The van der Waals surface area contributed by atoms with Gasteiger partial charge in [0.15, 0.2) is 11.5 Å². The number of benzene rings is 3. The maximum absolute atomic E-state index is 13.0. The molecular formula is C22H16ClF4N3O4. The Morgan fingerprint density at radius 2 is 1.85 bits per heavy atom. The molecule has 0 saturated carbocycles. The van der Waals surface area contributed by atoms with Crippen molar-refractivity contribution in [3.63, 3.8) is 0 Å². The molecule has 0 aromatic heterocycles. The van der Waals surface area contributed by atoms with Gasteiger partial charge in [0.05, 0.1) is 28.8 Å². The molecule has 0 amide bonds. The number of hydrogen-bond acceptors (Lipinski definition) is 6. The van der Waals surface area contributed by atoms with Gasteiger partial charge in [-0.3, -0.25) is 15.5 Å². The molecule has 178 valence electrons. The SMILES string of the molecule is COc1cc(/C=N\Nc2ccc(C(F)(F)F)cc2[N+](=O)[O-])cc(Cl)c1OCc1ccc(F)cc1. The standard InChI is InChI=1S/C22H16ClF4N3O4/c1-33-20-9-14(8-17(23)21(20)34-12-13-2-5-16(24)6-3-13)11-28-29-18-7-4-15(22(25,26)27)10-19(18)30(31)32/h2-11,29H,12H2,1H3/b28-11-. The zero-order valence-electron chi connectivity index (χ0n) is 17.4. The average molecular weight is 498 g/mol. The fourth-order valence-electron chi connectivity index (χ4n) is 2.82. The number of halogens is 5. The molecule has 1 N–H and O–H groups in total. The van der Waals surface area contributed by atoms with Crippen LogP contribution in [0.4, 0.5) is 28.9 Å². The van der Waals surface area contributed by atoms with E-state index in [0.29, 0.717) is 23.3 Å². The minimum Gasteiger partial charge on any atom is -0.493 e. The second kappa shape index (κ2) is 10.4. The molecule has 0 radical (unpaired) electrons. The summed E-state index contributed by atoms with van der Waals surface area (Å²) in [6.45, 7) is 0.100. The minimum absolute atomic E-state index is 0.100. The predicted octanol–water partition coefficient (Wildman–Crippen LogP) is 6.44. The molecule has 34 heavy (non-hydrogen) atoms. The Morgan fingerprint density at radius 1 is 1.15 bits per heavy atom. The van der Waals surface area contributed by atoms with Crippen molar-refractivity contribution in [2.45, 2.75) is 12.8 Å². The van der Waals surface area contributed by atoms with Crippen LogP contribution in [0, 0.1) is 15.9 Å². The molecule has 0 fully saturated rings. The van der Waals surface area contributed by atoms with Crippen LogP contribution in [0.5, 0.6) is 11.5 Å². The van der Waals surface area contributed by atoms with Crippen molar-refractivity contribution in [1.29, 1.82) is 0 Å². The summed E-state index contributed by atoms with van der Waals surface area (Å²) in [6.07, 6.45) is -3.47. The quantitative estimate of drug-likeness (QED) is 0.167. The number of alkyl halides is 3. The largest absolute Gasteiger partial charge is 0.493 e. The van der Waals surface area contributed by atoms with Crippen molar-refractivity contribution >= 4 is 29.2 Å². The Hall–Kier alpha value is -3.86. The smallest absolute Gasteiger partial charge is 0.416 e. The summed E-state index contributed by atoms with van der Waals surface area (Å²) < 4.78 is 62.5. The van der Waals surface area contributed by atoms with Crippen LogP contribution < -0.4 is 14.9 Å². The molecule has 0 aliphatic carbocycles. The van der Waals surface area contributed by atoms with Crippen molar-refractivity contribution in [2.24, 2.45) is 5.10 Å². The van der Waals surface area contributed by atoms with Gasteiger partial charge in [-0.1, -0.05) is 23.7 Å². The van der Waals surface area contributed by atoms with Crippen molar-refractivity contribution < 1.29 is 32.0 Å². The number of hydrogen-bond donors (Lipinski definition) is 1. The highest BCUT2D eigenvalue weighted by molar-refractivity contribution is 6.32. The number of rotatable bonds is 8. The lowest BCUT2D eigenvalue weighted by Gasteiger charge is -2.13. The van der Waals surface area contributed by atoms with Gasteiger partial charge in [-0.15, -0.1) is 0 Å². The zero-order valence-corrected chi connectivity index (χ0v) is 18.2. The highest BCUT2D eigenvalue weighted by atomic mass is 35.5. The van der Waals surface area contributed by atoms with E-state index in [1.807, 2.05) is 0 Å². The summed E-state index contributed by atoms with van der Waals surface area (Å²) in [5, 5.41) is 15.2. The third-order valence-electron chi connectivity index (χ3n) is 4.47. The van der Waals surface area contributed by atoms with Gasteiger partial charge >= 0.3 is 6.18 Å². The number of ether oxygens (including phenoxy) is 2. The molecule has 3 rings (SSSR count). The monoisotopic (exact) mass is 497 g/mol. The van der Waals surface area contributed by atoms with Crippen LogP contribution in [0.2, 0.25) is 5.02 Å². The van der Waals surface area contributed by atoms with E-state index in [1.54, 1.807) is 12.1 Å². The number of anilines is 1. The molecule has 0 bridgehead atoms. The van der Waals surface area contributed by atoms with Crippen LogP contribution in [-0.2, 0) is 12.8 Å². The summed E-state index contributed by atoms with van der Waals surface area (Å²) in [6, 6.07) is 10.8. The second-order valence-electron chi connectivity index (χ2n) is 6.81. The summed E-state index contributed by atoms with van der Waals surface area (Å²) in [7, 11) is 1.39. The molecule has 0 unspecified atom stereocenters. The van der Waals surface area contributed by atoms with E-state index in [2.05, 4.69) is 10.5 Å². The number of methoxy groups -OCH3 is 1. The Balaban J connectivity index is 1.77. The lowest BCUT2D eigenvalue weighted by Crippen LogP contribution is -2.06. The van der Waals surface area contributed by atoms with Crippen LogP contribution in [-0.4, -0.2) is 18.2 Å². The first-order valence-electron chi connectivity index (χ1n) is 9.48. The van der Waals surface area contributed by atoms with Crippen molar-refractivity contribution in [2.75, 3.05) is 12.5 Å². The summed E-state index contributed by atoms with van der Waals surface area (Å²) in [5.74, 6) is 0.117. The molecule has 0 saturated heterocycles. The third kappa shape index (κ3) is 6.13. The van der Waals surface area contributed by atoms with Crippen LogP contribution in [0.15, 0.2) is 59.7 Å². The fraction of sp³-hybridized carbons (Fsp3) is 0.136. The van der Waals surface area contributed by atoms with Gasteiger partial charge in [0.25, 0.3) is 5.69 Å². The molecule has 3 aromatic rings. The van der Waals surface area contributed by atoms with Crippen molar-refractivity contribution in [3.05, 3.63) is 92.2 Å². The number of nitrogens with one attached hydrogen (secondary N) is 1. The fourth-order valence-corrected chi connectivity index (χ4v) is 3.09. The van der Waals surface area contributed by atoms with E-state index in [0.717, 1.165) is 6.07 Å². The first kappa shape index (κ1) is 24.8. The highest BCUT2D eigenvalue weighted by Gasteiger charge is 2.33. The molecular weight excluding hydrogens is 482 g/mol. The number of hydrazone groups is 1. The van der Waals surface area contributed by atoms with Crippen molar-refractivity contribution in [3.8, 4) is 11.5 Å². The second-order valence-corrected chi connectivity index (χ2v) is 7.21. The number of nitrogens with zero attached hydrogens (tertiary/aromatic N) is 2. The third-order valence-corrected chi connectivity index (χ3v) is 4.75. The molecule has 3 aromatic carbocycles. The highest BCUT2D eigenvalue weighted by Crippen LogP contribution is 2.37. The van der Waals surface area contributed by atoms with Crippen LogP contribution in [0.1, 0.15) is 16.7 Å². The van der Waals surface area contributed by atoms with Gasteiger partial charge in [-0.25, -0.2) is 4.39 Å². The molecule has 0 spiro atoms. The lowest BCUT2D eigenvalue weighted by molar-refractivity contribution is -0.384. The van der Waals surface area contributed by atoms with Gasteiger partial charge < -0.3 is 9.47 Å². The lowest BCUT2D eigenvalue weighted by atomic mass is 10.1. The molecule has 0 aliphatic rings. The number of nitro benzene ring substituents is 1. The zero-order chi connectivity index (χ0) is 24.9. The van der Waals surface area contributed by atoms with Gasteiger partial charge in [0.1, 0.15) is 18.1 Å². The Bertz CT molecular complexity index is 1220. The van der Waals surface area contributed by atoms with E-state index in [4.69, 9.17) is 21.1 Å². The van der Waals surface area contributed by atoms with E-state index >= 15 is 0 Å². The molecule has 0 heterocycles. The maximum Gasteiger partial charge on any atom is 0.416 e. The predicted molar refractivity (Wildman–Crippen MR) is 118 cm³/mol. The van der Waals surface area contributed by atoms with Crippen LogP contribution in [0.3, 0.4) is 0 Å². The number of nitro groups is 1. The Morgan fingerprint density at radius 3 is 2.47 bits per heavy atom. The maximum atomic E-state index is 13.0. The van der Waals surface area contributed by atoms with Gasteiger partial charge in [-0.05, 0) is 47.5 Å². The van der Waals surface area contributed by atoms with E-state index < -0.39 is 22.4 Å². The van der Waals surface area contributed by atoms with E-state index in [1.165, 1.54) is 37.6 Å². The van der Waals surface area contributed by atoms with E-state index in [9.17, 15) is 27.7 Å². The van der Waals surface area contributed by atoms with Crippen molar-refractivity contribution in [1.82, 2.24) is 0 Å². The minimum atomic E-state index is -4.72. The Kier molecular flexibility index (Phi) is 7.57. The van der Waals surface area contributed by atoms with Crippen LogP contribution >= 0.6 is 11.6 Å². The van der Waals surface area contributed by atoms with Gasteiger partial charge in [0.2, 0.25) is 0 Å². The molecule has 0 aliphatic heterocycles. The molecule has 12 heteroatoms. The van der Waals surface area contributed by atoms with Gasteiger partial charge in [-0.2, -0.15) is 18.3 Å². The van der Waals surface area contributed by atoms with E-state index in [-0.39, 0.29) is 34.6 Å². The normalized spacial score (nSPS) is 11.5. The molecule has 7 nitrogen and oxygen atoms in total. The summed E-state index contributed by atoms with van der Waals surface area (Å²) in [4.78, 5) is 10.2. The van der Waals surface area contributed by atoms with Gasteiger partial charge in [0, 0.05) is 6.07 Å². The first-order chi connectivity index (χ1) is 16.1. The topological polar surface area (TPSA) is 86.0 Å².